The van der Waals surface area contributed by atoms with Gasteiger partial charge in [0, 0.05) is 16.8 Å². The zero-order valence-electron chi connectivity index (χ0n) is 9.66. The lowest BCUT2D eigenvalue weighted by molar-refractivity contribution is 1.09. The molecule has 0 unspecified atom stereocenters. The lowest BCUT2D eigenvalue weighted by atomic mass is 10.1. The van der Waals surface area contributed by atoms with Crippen molar-refractivity contribution in [3.8, 4) is 0 Å². The van der Waals surface area contributed by atoms with Gasteiger partial charge in [-0.25, -0.2) is 0 Å². The number of thiazole rings is 1. The van der Waals surface area contributed by atoms with Gasteiger partial charge in [0.05, 0.1) is 12.1 Å². The Morgan fingerprint density at radius 3 is 2.94 bits per heavy atom. The van der Waals surface area contributed by atoms with Crippen molar-refractivity contribution in [3.63, 3.8) is 0 Å². The fourth-order valence-corrected chi connectivity index (χ4v) is 2.32. The number of benzene rings is 1. The summed E-state index contributed by atoms with van der Waals surface area (Å²) in [5, 5.41) is 3.51. The Morgan fingerprint density at radius 2 is 2.25 bits per heavy atom. The average Bonchev–Trinajstić information content (AvgIpc) is 2.80. The fourth-order valence-electron chi connectivity index (χ4n) is 1.78. The predicted molar refractivity (Wildman–Crippen MR) is 70.0 cm³/mol. The van der Waals surface area contributed by atoms with Gasteiger partial charge in [-0.05, 0) is 24.5 Å². The summed E-state index contributed by atoms with van der Waals surface area (Å²) in [7, 11) is 0. The molecule has 1 heterocycles. The number of hydrogen-bond acceptors (Lipinski definition) is 3. The lowest BCUT2D eigenvalue weighted by Gasteiger charge is -2.13. The molecule has 2 rings (SSSR count). The van der Waals surface area contributed by atoms with Crippen LogP contribution in [0.5, 0.6) is 0 Å². The quantitative estimate of drug-likeness (QED) is 0.870. The van der Waals surface area contributed by atoms with Gasteiger partial charge in [-0.2, -0.15) is 0 Å². The van der Waals surface area contributed by atoms with Crippen LogP contribution in [-0.2, 0) is 13.0 Å². The smallest absolute Gasteiger partial charge is 0.0794 e. The van der Waals surface area contributed by atoms with E-state index in [0.29, 0.717) is 0 Å². The molecular formula is C13H16N2S. The molecule has 1 aromatic carbocycles. The molecule has 0 aliphatic heterocycles. The Hall–Kier alpha value is -1.35. The normalized spacial score (nSPS) is 10.4. The van der Waals surface area contributed by atoms with Crippen molar-refractivity contribution in [2.75, 3.05) is 5.32 Å². The topological polar surface area (TPSA) is 24.9 Å². The van der Waals surface area contributed by atoms with E-state index in [1.807, 2.05) is 11.7 Å². The van der Waals surface area contributed by atoms with Gasteiger partial charge in [0.1, 0.15) is 0 Å². The average molecular weight is 232 g/mol. The Kier molecular flexibility index (Phi) is 3.57. The van der Waals surface area contributed by atoms with Crippen molar-refractivity contribution in [3.05, 3.63) is 45.9 Å². The highest BCUT2D eigenvalue weighted by Gasteiger charge is 2.03. The highest BCUT2D eigenvalue weighted by Crippen LogP contribution is 2.22. The maximum absolute atomic E-state index is 4.08. The molecule has 0 spiro atoms. The summed E-state index contributed by atoms with van der Waals surface area (Å²) in [6.45, 7) is 5.20. The van der Waals surface area contributed by atoms with Crippen molar-refractivity contribution < 1.29 is 0 Å². The molecule has 3 heteroatoms. The van der Waals surface area contributed by atoms with Crippen LogP contribution in [0.15, 0.2) is 29.9 Å². The van der Waals surface area contributed by atoms with E-state index in [2.05, 4.69) is 42.3 Å². The predicted octanol–water partition coefficient (Wildman–Crippen LogP) is 3.63. The molecule has 0 atom stereocenters. The molecule has 16 heavy (non-hydrogen) atoms. The zero-order valence-corrected chi connectivity index (χ0v) is 10.5. The minimum absolute atomic E-state index is 0.864. The molecule has 0 bridgehead atoms. The minimum atomic E-state index is 0.864. The third-order valence-corrected chi connectivity index (χ3v) is 3.44. The monoisotopic (exact) mass is 232 g/mol. The van der Waals surface area contributed by atoms with Crippen LogP contribution in [0.25, 0.3) is 0 Å². The van der Waals surface area contributed by atoms with Crippen LogP contribution < -0.4 is 5.32 Å². The van der Waals surface area contributed by atoms with Crippen LogP contribution in [0.4, 0.5) is 5.69 Å². The van der Waals surface area contributed by atoms with Crippen molar-refractivity contribution in [2.45, 2.75) is 26.8 Å². The van der Waals surface area contributed by atoms with Crippen molar-refractivity contribution >= 4 is 17.0 Å². The van der Waals surface area contributed by atoms with Crippen LogP contribution in [0, 0.1) is 6.92 Å². The first kappa shape index (κ1) is 11.1. The first-order valence-corrected chi connectivity index (χ1v) is 6.39. The van der Waals surface area contributed by atoms with Gasteiger partial charge in [0.2, 0.25) is 0 Å². The summed E-state index contributed by atoms with van der Waals surface area (Å²) in [5.74, 6) is 0. The standard InChI is InChI=1S/C13H16N2S/c1-3-11-6-4-5-10(2)13(11)15-8-12-7-14-9-16-12/h4-7,9,15H,3,8H2,1-2H3. The van der Waals surface area contributed by atoms with Crippen LogP contribution in [0.1, 0.15) is 22.9 Å². The molecule has 0 saturated heterocycles. The van der Waals surface area contributed by atoms with E-state index in [1.54, 1.807) is 11.3 Å². The van der Waals surface area contributed by atoms with Gasteiger partial charge in [-0.3, -0.25) is 4.98 Å². The van der Waals surface area contributed by atoms with E-state index >= 15 is 0 Å². The summed E-state index contributed by atoms with van der Waals surface area (Å²) >= 11 is 1.69. The van der Waals surface area contributed by atoms with Crippen molar-refractivity contribution in [1.29, 1.82) is 0 Å². The molecule has 0 amide bonds. The molecular weight excluding hydrogens is 216 g/mol. The van der Waals surface area contributed by atoms with Gasteiger partial charge >= 0.3 is 0 Å². The molecule has 0 fully saturated rings. The third kappa shape index (κ3) is 2.42. The molecule has 0 aliphatic rings. The molecule has 0 aliphatic carbocycles. The van der Waals surface area contributed by atoms with Crippen LogP contribution in [-0.4, -0.2) is 4.98 Å². The Balaban J connectivity index is 2.14. The number of anilines is 1. The zero-order chi connectivity index (χ0) is 11.4. The molecule has 1 N–H and O–H groups in total. The highest BCUT2D eigenvalue weighted by atomic mass is 32.1. The van der Waals surface area contributed by atoms with E-state index < -0.39 is 0 Å². The molecule has 2 nitrogen and oxygen atoms in total. The molecule has 2 aromatic rings. The van der Waals surface area contributed by atoms with Crippen molar-refractivity contribution in [1.82, 2.24) is 4.98 Å². The van der Waals surface area contributed by atoms with Gasteiger partial charge in [0.25, 0.3) is 0 Å². The van der Waals surface area contributed by atoms with E-state index in [9.17, 15) is 0 Å². The number of rotatable bonds is 4. The molecule has 1 aromatic heterocycles. The maximum atomic E-state index is 4.08. The highest BCUT2D eigenvalue weighted by molar-refractivity contribution is 7.09. The Morgan fingerprint density at radius 1 is 1.38 bits per heavy atom. The molecule has 0 saturated carbocycles. The van der Waals surface area contributed by atoms with Gasteiger partial charge in [-0.1, -0.05) is 25.1 Å². The first-order valence-electron chi connectivity index (χ1n) is 5.51. The third-order valence-electron chi connectivity index (χ3n) is 2.66. The van der Waals surface area contributed by atoms with E-state index in [0.717, 1.165) is 13.0 Å². The van der Waals surface area contributed by atoms with Crippen molar-refractivity contribution in [2.24, 2.45) is 0 Å². The minimum Gasteiger partial charge on any atom is -0.380 e. The summed E-state index contributed by atoms with van der Waals surface area (Å²) in [6, 6.07) is 6.45. The summed E-state index contributed by atoms with van der Waals surface area (Å²) in [5.41, 5.74) is 5.84. The van der Waals surface area contributed by atoms with Gasteiger partial charge in [0.15, 0.2) is 0 Å². The summed E-state index contributed by atoms with van der Waals surface area (Å²) < 4.78 is 0. The second kappa shape index (κ2) is 5.12. The second-order valence-corrected chi connectivity index (χ2v) is 4.75. The largest absolute Gasteiger partial charge is 0.380 e. The Labute approximate surface area is 100 Å². The van der Waals surface area contributed by atoms with Gasteiger partial charge in [-0.15, -0.1) is 11.3 Å². The lowest BCUT2D eigenvalue weighted by Crippen LogP contribution is -2.02. The SMILES string of the molecule is CCc1cccc(C)c1NCc1cncs1. The first-order chi connectivity index (χ1) is 7.81. The summed E-state index contributed by atoms with van der Waals surface area (Å²) in [4.78, 5) is 5.35. The van der Waals surface area contributed by atoms with Crippen LogP contribution in [0.2, 0.25) is 0 Å². The van der Waals surface area contributed by atoms with E-state index in [1.165, 1.54) is 21.7 Å². The number of nitrogens with zero attached hydrogens (tertiary/aromatic N) is 1. The number of nitrogens with one attached hydrogen (secondary N) is 1. The van der Waals surface area contributed by atoms with Gasteiger partial charge < -0.3 is 5.32 Å². The maximum Gasteiger partial charge on any atom is 0.0794 e. The Bertz CT molecular complexity index is 449. The van der Waals surface area contributed by atoms with E-state index in [-0.39, 0.29) is 0 Å². The number of hydrogen-bond donors (Lipinski definition) is 1. The second-order valence-electron chi connectivity index (χ2n) is 3.78. The molecule has 0 radical (unpaired) electrons. The van der Waals surface area contributed by atoms with E-state index in [4.69, 9.17) is 0 Å². The fraction of sp³-hybridized carbons (Fsp3) is 0.308. The molecule has 84 valence electrons. The van der Waals surface area contributed by atoms with Crippen LogP contribution in [0.3, 0.4) is 0 Å². The number of aromatic nitrogens is 1. The summed E-state index contributed by atoms with van der Waals surface area (Å²) in [6.07, 6.45) is 2.98. The number of aryl methyl sites for hydroxylation is 2. The number of para-hydroxylation sites is 1. The van der Waals surface area contributed by atoms with Crippen LogP contribution >= 0.6 is 11.3 Å².